The molecule has 0 fully saturated rings. The minimum absolute atomic E-state index is 0.450. The predicted molar refractivity (Wildman–Crippen MR) is 57.9 cm³/mol. The van der Waals surface area contributed by atoms with E-state index in [-0.39, 0.29) is 0 Å². The maximum atomic E-state index is 12.7. The summed E-state index contributed by atoms with van der Waals surface area (Å²) in [7, 11) is 0. The topological polar surface area (TPSA) is 84.0 Å². The zero-order chi connectivity index (χ0) is 14.8. The number of ketones is 1. The number of alkyl halides is 4. The number of rotatable bonds is 3. The van der Waals surface area contributed by atoms with Crippen molar-refractivity contribution < 1.29 is 22.9 Å². The zero-order valence-corrected chi connectivity index (χ0v) is 9.75. The molecular weight excluding hydrogens is 289 g/mol. The van der Waals surface area contributed by atoms with Gasteiger partial charge in [-0.1, -0.05) is 0 Å². The van der Waals surface area contributed by atoms with E-state index in [0.717, 1.165) is 0 Å². The Bertz CT molecular complexity index is 593. The van der Waals surface area contributed by atoms with E-state index in [2.05, 4.69) is 0 Å². The third-order valence-electron chi connectivity index (χ3n) is 2.19. The molecule has 0 bridgehead atoms. The van der Waals surface area contributed by atoms with E-state index in [1.165, 1.54) is 6.07 Å². The van der Waals surface area contributed by atoms with Crippen molar-refractivity contribution >= 4 is 23.1 Å². The van der Waals surface area contributed by atoms with Crippen molar-refractivity contribution in [2.75, 3.05) is 5.88 Å². The van der Waals surface area contributed by atoms with Gasteiger partial charge in [-0.25, -0.2) is 0 Å². The van der Waals surface area contributed by atoms with E-state index in [4.69, 9.17) is 16.9 Å². The molecule has 0 atom stereocenters. The van der Waals surface area contributed by atoms with Crippen LogP contribution in [0, 0.1) is 21.4 Å². The van der Waals surface area contributed by atoms with Gasteiger partial charge in [0.1, 0.15) is 17.2 Å². The molecule has 0 spiro atoms. The highest BCUT2D eigenvalue weighted by Crippen LogP contribution is 2.37. The highest BCUT2D eigenvalue weighted by atomic mass is 35.5. The van der Waals surface area contributed by atoms with Crippen LogP contribution in [0.15, 0.2) is 12.1 Å². The molecule has 1 aromatic rings. The summed E-state index contributed by atoms with van der Waals surface area (Å²) in [6, 6.07) is 2.47. The van der Waals surface area contributed by atoms with Gasteiger partial charge in [0, 0.05) is 0 Å². The fourth-order valence-corrected chi connectivity index (χ4v) is 1.59. The standard InChI is InChI=1S/C10H4ClF3N2O3/c11-3-7(17)8-6(10(12,13)14)2-1-5(4-15)9(8)16(18)19/h1-2H,3H2. The van der Waals surface area contributed by atoms with E-state index >= 15 is 0 Å². The first kappa shape index (κ1) is 14.9. The van der Waals surface area contributed by atoms with Gasteiger partial charge in [0.05, 0.1) is 16.4 Å². The number of nitrogens with zero attached hydrogens (tertiary/aromatic N) is 2. The average molecular weight is 293 g/mol. The van der Waals surface area contributed by atoms with Gasteiger partial charge in [-0.05, 0) is 12.1 Å². The predicted octanol–water partition coefficient (Wildman–Crippen LogP) is 2.91. The van der Waals surface area contributed by atoms with Crippen LogP contribution in [-0.4, -0.2) is 16.6 Å². The number of carbonyl (C=O) groups excluding carboxylic acids is 1. The number of hydrogen-bond donors (Lipinski definition) is 0. The van der Waals surface area contributed by atoms with Crippen LogP contribution in [-0.2, 0) is 6.18 Å². The summed E-state index contributed by atoms with van der Waals surface area (Å²) in [4.78, 5) is 21.0. The molecule has 0 aliphatic rings. The molecular formula is C10H4ClF3N2O3. The number of benzene rings is 1. The van der Waals surface area contributed by atoms with Crippen LogP contribution >= 0.6 is 11.6 Å². The van der Waals surface area contributed by atoms with E-state index in [0.29, 0.717) is 12.1 Å². The van der Waals surface area contributed by atoms with Gasteiger partial charge < -0.3 is 0 Å². The van der Waals surface area contributed by atoms with E-state index < -0.39 is 45.1 Å². The van der Waals surface area contributed by atoms with Crippen LogP contribution < -0.4 is 0 Å². The summed E-state index contributed by atoms with van der Waals surface area (Å²) in [5.74, 6) is -2.13. The largest absolute Gasteiger partial charge is 0.417 e. The van der Waals surface area contributed by atoms with E-state index in [1.54, 1.807) is 0 Å². The minimum Gasteiger partial charge on any atom is -0.293 e. The zero-order valence-electron chi connectivity index (χ0n) is 8.99. The molecule has 0 heterocycles. The Labute approximate surface area is 109 Å². The van der Waals surface area contributed by atoms with Crippen LogP contribution in [0.5, 0.6) is 0 Å². The third-order valence-corrected chi connectivity index (χ3v) is 2.43. The molecule has 5 nitrogen and oxygen atoms in total. The van der Waals surface area contributed by atoms with Crippen LogP contribution in [0.25, 0.3) is 0 Å². The summed E-state index contributed by atoms with van der Waals surface area (Å²) in [6.45, 7) is 0. The van der Waals surface area contributed by atoms with Gasteiger partial charge in [0.2, 0.25) is 0 Å². The van der Waals surface area contributed by atoms with Crippen molar-refractivity contribution in [1.29, 1.82) is 5.26 Å². The molecule has 0 aromatic heterocycles. The second-order valence-electron chi connectivity index (χ2n) is 3.31. The molecule has 0 aliphatic heterocycles. The summed E-state index contributed by atoms with van der Waals surface area (Å²) >= 11 is 5.16. The second-order valence-corrected chi connectivity index (χ2v) is 3.58. The van der Waals surface area contributed by atoms with Crippen LogP contribution in [0.2, 0.25) is 0 Å². The molecule has 1 aromatic carbocycles. The van der Waals surface area contributed by atoms with Gasteiger partial charge >= 0.3 is 6.18 Å². The average Bonchev–Trinajstić information content (AvgIpc) is 2.34. The Kier molecular flexibility index (Phi) is 4.11. The molecule has 19 heavy (non-hydrogen) atoms. The lowest BCUT2D eigenvalue weighted by molar-refractivity contribution is -0.385. The Morgan fingerprint density at radius 1 is 1.47 bits per heavy atom. The number of nitro groups is 1. The Morgan fingerprint density at radius 2 is 2.05 bits per heavy atom. The first-order chi connectivity index (χ1) is 8.73. The van der Waals surface area contributed by atoms with Crippen molar-refractivity contribution in [2.45, 2.75) is 6.18 Å². The Hall–Kier alpha value is -2.14. The molecule has 0 saturated carbocycles. The first-order valence-electron chi connectivity index (χ1n) is 4.61. The highest BCUT2D eigenvalue weighted by molar-refractivity contribution is 6.31. The van der Waals surface area contributed by atoms with Gasteiger partial charge in [0.15, 0.2) is 5.78 Å². The molecule has 1 rings (SSSR count). The summed E-state index contributed by atoms with van der Waals surface area (Å²) in [5.41, 5.74) is -4.48. The molecule has 0 N–H and O–H groups in total. The lowest BCUT2D eigenvalue weighted by Gasteiger charge is -2.12. The Morgan fingerprint density at radius 3 is 2.42 bits per heavy atom. The molecule has 0 radical (unpaired) electrons. The van der Waals surface area contributed by atoms with Crippen molar-refractivity contribution in [3.63, 3.8) is 0 Å². The molecule has 0 amide bonds. The number of Topliss-reactive ketones (excluding diaryl/α,β-unsaturated/α-hetero) is 1. The molecule has 9 heteroatoms. The van der Waals surface area contributed by atoms with Crippen LogP contribution in [0.4, 0.5) is 18.9 Å². The van der Waals surface area contributed by atoms with Gasteiger partial charge in [-0.2, -0.15) is 18.4 Å². The summed E-state index contributed by atoms with van der Waals surface area (Å²) < 4.78 is 38.2. The summed E-state index contributed by atoms with van der Waals surface area (Å²) in [5, 5.41) is 19.5. The van der Waals surface area contributed by atoms with Crippen molar-refractivity contribution in [3.05, 3.63) is 38.9 Å². The highest BCUT2D eigenvalue weighted by Gasteiger charge is 2.40. The number of nitro benzene ring substituents is 1. The number of carbonyl (C=O) groups is 1. The lowest BCUT2D eigenvalue weighted by atomic mass is 9.98. The first-order valence-corrected chi connectivity index (χ1v) is 5.15. The Balaban J connectivity index is 3.81. The van der Waals surface area contributed by atoms with Crippen molar-refractivity contribution in [2.24, 2.45) is 0 Å². The number of hydrogen-bond acceptors (Lipinski definition) is 4. The molecule has 0 unspecified atom stereocenters. The molecule has 100 valence electrons. The van der Waals surface area contributed by atoms with Gasteiger partial charge in [0.25, 0.3) is 5.69 Å². The maximum Gasteiger partial charge on any atom is 0.417 e. The molecule has 0 aliphatic carbocycles. The normalized spacial score (nSPS) is 10.9. The lowest BCUT2D eigenvalue weighted by Crippen LogP contribution is -2.17. The molecule has 0 saturated heterocycles. The third kappa shape index (κ3) is 2.82. The quantitative estimate of drug-likeness (QED) is 0.371. The van der Waals surface area contributed by atoms with E-state index in [9.17, 15) is 28.1 Å². The minimum atomic E-state index is -4.96. The fourth-order valence-electron chi connectivity index (χ4n) is 1.46. The van der Waals surface area contributed by atoms with Gasteiger partial charge in [-0.3, -0.25) is 14.9 Å². The summed E-state index contributed by atoms with van der Waals surface area (Å²) in [6.07, 6.45) is -4.96. The number of halogens is 4. The number of nitriles is 1. The van der Waals surface area contributed by atoms with Crippen LogP contribution in [0.1, 0.15) is 21.5 Å². The monoisotopic (exact) mass is 292 g/mol. The van der Waals surface area contributed by atoms with Crippen LogP contribution in [0.3, 0.4) is 0 Å². The SMILES string of the molecule is N#Cc1ccc(C(F)(F)F)c(C(=O)CCl)c1[N+](=O)[O-]. The maximum absolute atomic E-state index is 12.7. The fraction of sp³-hybridized carbons (Fsp3) is 0.200. The van der Waals surface area contributed by atoms with Crippen molar-refractivity contribution in [3.8, 4) is 6.07 Å². The van der Waals surface area contributed by atoms with E-state index in [1.807, 2.05) is 0 Å². The van der Waals surface area contributed by atoms with Crippen molar-refractivity contribution in [1.82, 2.24) is 0 Å². The second kappa shape index (κ2) is 5.24. The van der Waals surface area contributed by atoms with Gasteiger partial charge in [-0.15, -0.1) is 11.6 Å². The smallest absolute Gasteiger partial charge is 0.293 e.